The normalized spacial score (nSPS) is 16.9. The zero-order valence-corrected chi connectivity index (χ0v) is 21.1. The van der Waals surface area contributed by atoms with E-state index >= 15 is 0 Å². The number of hydrogen-bond donors (Lipinski definition) is 2. The van der Waals surface area contributed by atoms with Crippen molar-refractivity contribution in [1.82, 2.24) is 10.2 Å². The Balaban J connectivity index is 1.69. The molecule has 7 nitrogen and oxygen atoms in total. The van der Waals surface area contributed by atoms with E-state index in [1.165, 1.54) is 10.4 Å². The third kappa shape index (κ3) is 5.56. The quantitative estimate of drug-likeness (QED) is 0.446. The highest BCUT2D eigenvalue weighted by atomic mass is 28.4. The average Bonchev–Trinajstić information content (AvgIpc) is 2.81. The van der Waals surface area contributed by atoms with E-state index in [1.807, 2.05) is 36.4 Å². The van der Waals surface area contributed by atoms with Gasteiger partial charge in [0.2, 0.25) is 5.91 Å². The van der Waals surface area contributed by atoms with Crippen LogP contribution in [0.3, 0.4) is 0 Å². The molecule has 3 rings (SSSR count). The van der Waals surface area contributed by atoms with Gasteiger partial charge in [0.1, 0.15) is 11.8 Å². The standard InChI is InChI=1S/C26H34N2O5Si/c1-26(2,3)34(21-11-6-4-7-12-21,22-13-8-5-9-14-22)33-18-10-16-27-24(30)23-19-20(29)15-17-28(23)25(31)32/h4-9,11-14,23H,10,15-19H2,1-3H3,(H,27,30)(H,31,32). The predicted octanol–water partition coefficient (Wildman–Crippen LogP) is 2.78. The molecule has 1 aliphatic heterocycles. The maximum Gasteiger partial charge on any atom is 0.408 e. The van der Waals surface area contributed by atoms with Gasteiger partial charge in [-0.25, -0.2) is 4.79 Å². The number of rotatable bonds is 8. The molecule has 0 saturated carbocycles. The lowest BCUT2D eigenvalue weighted by Crippen LogP contribution is -2.66. The summed E-state index contributed by atoms with van der Waals surface area (Å²) in [4.78, 5) is 36.9. The highest BCUT2D eigenvalue weighted by molar-refractivity contribution is 6.99. The summed E-state index contributed by atoms with van der Waals surface area (Å²) in [5.41, 5.74) is 0. The molecule has 2 aromatic rings. The first-order valence-corrected chi connectivity index (χ1v) is 13.6. The molecule has 1 unspecified atom stereocenters. The largest absolute Gasteiger partial charge is 0.465 e. The van der Waals surface area contributed by atoms with Crippen LogP contribution < -0.4 is 15.7 Å². The summed E-state index contributed by atoms with van der Waals surface area (Å²) in [5, 5.41) is 14.4. The van der Waals surface area contributed by atoms with Gasteiger partial charge in [-0.2, -0.15) is 0 Å². The second-order valence-electron chi connectivity index (χ2n) is 9.64. The minimum atomic E-state index is -2.64. The lowest BCUT2D eigenvalue weighted by Gasteiger charge is -2.43. The van der Waals surface area contributed by atoms with E-state index in [-0.39, 0.29) is 30.2 Å². The summed E-state index contributed by atoms with van der Waals surface area (Å²) in [6.07, 6.45) is -0.522. The minimum absolute atomic E-state index is 0.0587. The summed E-state index contributed by atoms with van der Waals surface area (Å²) < 4.78 is 6.80. The molecule has 2 aromatic carbocycles. The van der Waals surface area contributed by atoms with E-state index < -0.39 is 26.4 Å². The maximum atomic E-state index is 12.6. The van der Waals surface area contributed by atoms with Gasteiger partial charge in [0, 0.05) is 32.5 Å². The number of hydrogen-bond acceptors (Lipinski definition) is 4. The number of carboxylic acid groups (broad SMARTS) is 1. The van der Waals surface area contributed by atoms with Crippen molar-refractivity contribution in [3.05, 3.63) is 60.7 Å². The summed E-state index contributed by atoms with van der Waals surface area (Å²) in [7, 11) is -2.64. The number of nitrogens with zero attached hydrogens (tertiary/aromatic N) is 1. The van der Waals surface area contributed by atoms with Gasteiger partial charge in [-0.15, -0.1) is 0 Å². The van der Waals surface area contributed by atoms with Crippen LogP contribution in [0, 0.1) is 0 Å². The molecule has 0 aromatic heterocycles. The molecule has 0 spiro atoms. The summed E-state index contributed by atoms with van der Waals surface area (Å²) in [6, 6.07) is 19.7. The van der Waals surface area contributed by atoms with Crippen LogP contribution in [-0.2, 0) is 14.0 Å². The molecule has 2 amide bonds. The van der Waals surface area contributed by atoms with Crippen molar-refractivity contribution in [2.45, 2.75) is 51.1 Å². The van der Waals surface area contributed by atoms with Gasteiger partial charge in [0.25, 0.3) is 8.32 Å². The molecule has 0 bridgehead atoms. The average molecular weight is 483 g/mol. The van der Waals surface area contributed by atoms with Crippen LogP contribution in [0.2, 0.25) is 5.04 Å². The molecule has 8 heteroatoms. The fraction of sp³-hybridized carbons (Fsp3) is 0.423. The smallest absolute Gasteiger partial charge is 0.408 e. The van der Waals surface area contributed by atoms with Gasteiger partial charge >= 0.3 is 6.09 Å². The Hall–Kier alpha value is -2.97. The Morgan fingerprint density at radius 3 is 2.12 bits per heavy atom. The first kappa shape index (κ1) is 25.6. The summed E-state index contributed by atoms with van der Waals surface area (Å²) in [5.74, 6) is -0.520. The van der Waals surface area contributed by atoms with Crippen molar-refractivity contribution in [3.8, 4) is 0 Å². The molecule has 1 atom stereocenters. The van der Waals surface area contributed by atoms with Crippen molar-refractivity contribution in [2.24, 2.45) is 0 Å². The van der Waals surface area contributed by atoms with Crippen molar-refractivity contribution >= 4 is 36.5 Å². The number of nitrogens with one attached hydrogen (secondary N) is 1. The fourth-order valence-corrected chi connectivity index (χ4v) is 9.29. The van der Waals surface area contributed by atoms with Crippen molar-refractivity contribution < 1.29 is 23.9 Å². The van der Waals surface area contributed by atoms with Crippen LogP contribution in [0.25, 0.3) is 0 Å². The number of benzene rings is 2. The fourth-order valence-electron chi connectivity index (χ4n) is 4.68. The Morgan fingerprint density at radius 2 is 1.62 bits per heavy atom. The van der Waals surface area contributed by atoms with Crippen LogP contribution >= 0.6 is 0 Å². The van der Waals surface area contributed by atoms with E-state index in [0.29, 0.717) is 19.6 Å². The SMILES string of the molecule is CC(C)(C)[Si](OCCCNC(=O)C1CC(=O)CCN1C(=O)O)(c1ccccc1)c1ccccc1. The molecule has 34 heavy (non-hydrogen) atoms. The van der Waals surface area contributed by atoms with Crippen molar-refractivity contribution in [2.75, 3.05) is 19.7 Å². The highest BCUT2D eigenvalue weighted by Gasteiger charge is 2.50. The van der Waals surface area contributed by atoms with Gasteiger partial charge in [-0.1, -0.05) is 81.4 Å². The maximum absolute atomic E-state index is 12.6. The van der Waals surface area contributed by atoms with E-state index in [9.17, 15) is 19.5 Å². The van der Waals surface area contributed by atoms with Crippen LogP contribution in [0.4, 0.5) is 4.79 Å². The van der Waals surface area contributed by atoms with E-state index in [2.05, 4.69) is 50.4 Å². The first-order valence-electron chi connectivity index (χ1n) is 11.7. The zero-order chi connectivity index (χ0) is 24.8. The van der Waals surface area contributed by atoms with Gasteiger partial charge in [-0.05, 0) is 21.8 Å². The van der Waals surface area contributed by atoms with Gasteiger partial charge in [0.15, 0.2) is 0 Å². The Bertz CT molecular complexity index is 952. The molecule has 1 saturated heterocycles. The number of piperidine rings is 1. The van der Waals surface area contributed by atoms with Crippen LogP contribution in [0.15, 0.2) is 60.7 Å². The predicted molar refractivity (Wildman–Crippen MR) is 134 cm³/mol. The minimum Gasteiger partial charge on any atom is -0.465 e. The molecule has 1 aliphatic rings. The molecular weight excluding hydrogens is 448 g/mol. The molecular formula is C26H34N2O5Si. The van der Waals surface area contributed by atoms with Gasteiger partial charge in [-0.3, -0.25) is 14.5 Å². The zero-order valence-electron chi connectivity index (χ0n) is 20.1. The number of ketones is 1. The molecule has 1 fully saturated rings. The molecule has 2 N–H and O–H groups in total. The lowest BCUT2D eigenvalue weighted by molar-refractivity contribution is -0.133. The summed E-state index contributed by atoms with van der Waals surface area (Å²) in [6.45, 7) is 7.48. The van der Waals surface area contributed by atoms with Gasteiger partial charge in [0.05, 0.1) is 0 Å². The Morgan fingerprint density at radius 1 is 1.06 bits per heavy atom. The van der Waals surface area contributed by atoms with E-state index in [0.717, 1.165) is 4.90 Å². The topological polar surface area (TPSA) is 95.9 Å². The number of carbonyl (C=O) groups is 3. The second-order valence-corrected chi connectivity index (χ2v) is 13.9. The third-order valence-electron chi connectivity index (χ3n) is 6.33. The molecule has 0 radical (unpaired) electrons. The van der Waals surface area contributed by atoms with Crippen LogP contribution in [0.5, 0.6) is 0 Å². The Kier molecular flexibility index (Phi) is 8.27. The third-order valence-corrected chi connectivity index (χ3v) is 11.4. The second kappa shape index (κ2) is 11.0. The van der Waals surface area contributed by atoms with Crippen molar-refractivity contribution in [1.29, 1.82) is 0 Å². The summed E-state index contributed by atoms with van der Waals surface area (Å²) >= 11 is 0. The van der Waals surface area contributed by atoms with Crippen LogP contribution in [-0.4, -0.2) is 61.8 Å². The number of likely N-dealkylation sites (tertiary alicyclic amines) is 1. The lowest BCUT2D eigenvalue weighted by atomic mass is 10.0. The van der Waals surface area contributed by atoms with Gasteiger partial charge < -0.3 is 14.8 Å². The number of Topliss-reactive ketones (excluding diaryl/α,β-unsaturated/α-hetero) is 1. The molecule has 182 valence electrons. The number of carbonyl (C=O) groups excluding carboxylic acids is 2. The highest BCUT2D eigenvalue weighted by Crippen LogP contribution is 2.36. The van der Waals surface area contributed by atoms with E-state index in [4.69, 9.17) is 4.43 Å². The van der Waals surface area contributed by atoms with Crippen LogP contribution in [0.1, 0.15) is 40.0 Å². The first-order chi connectivity index (χ1) is 16.2. The molecule has 1 heterocycles. The Labute approximate surface area is 202 Å². The molecule has 0 aliphatic carbocycles. The monoisotopic (exact) mass is 482 g/mol. The number of amides is 2. The van der Waals surface area contributed by atoms with E-state index in [1.54, 1.807) is 0 Å². The van der Waals surface area contributed by atoms with Crippen molar-refractivity contribution in [3.63, 3.8) is 0 Å².